The van der Waals surface area contributed by atoms with Gasteiger partial charge in [0.25, 0.3) is 5.91 Å². The molecule has 3 aromatic carbocycles. The predicted octanol–water partition coefficient (Wildman–Crippen LogP) is 4.92. The van der Waals surface area contributed by atoms with Crippen LogP contribution in [0.15, 0.2) is 73.2 Å². The van der Waals surface area contributed by atoms with Crippen LogP contribution in [0.25, 0.3) is 10.8 Å². The van der Waals surface area contributed by atoms with Gasteiger partial charge in [0.1, 0.15) is 0 Å². The first-order valence-electron chi connectivity index (χ1n) is 10.8. The van der Waals surface area contributed by atoms with E-state index in [1.807, 2.05) is 41.4 Å². The standard InChI is InChI=1S/C26H26N4O/c1-19-10-11-21-16-29(17-22-15-27-18-28-22)12-5-13-30(25(21)14-19)26(31)24-9-4-7-20-6-2-3-8-23(20)24/h2-4,6-11,14-15,18H,5,12-13,16-17H2,1H3,(H,27,28). The highest BCUT2D eigenvalue weighted by molar-refractivity contribution is 6.14. The minimum atomic E-state index is 0.0747. The lowest BCUT2D eigenvalue weighted by molar-refractivity contribution is 0.0985. The first-order valence-corrected chi connectivity index (χ1v) is 10.8. The van der Waals surface area contributed by atoms with E-state index in [9.17, 15) is 4.79 Å². The molecule has 1 aliphatic rings. The summed E-state index contributed by atoms with van der Waals surface area (Å²) in [5, 5.41) is 2.10. The van der Waals surface area contributed by atoms with E-state index in [-0.39, 0.29) is 5.91 Å². The molecule has 0 saturated heterocycles. The summed E-state index contributed by atoms with van der Waals surface area (Å²) in [6, 6.07) is 20.5. The van der Waals surface area contributed by atoms with E-state index in [1.54, 1.807) is 6.33 Å². The van der Waals surface area contributed by atoms with Gasteiger partial charge in [-0.1, -0.05) is 48.5 Å². The molecular formula is C26H26N4O. The van der Waals surface area contributed by atoms with Gasteiger partial charge in [0.05, 0.1) is 6.33 Å². The third-order valence-corrected chi connectivity index (χ3v) is 6.00. The summed E-state index contributed by atoms with van der Waals surface area (Å²) < 4.78 is 0. The highest BCUT2D eigenvalue weighted by Crippen LogP contribution is 2.30. The molecule has 1 aromatic heterocycles. The third-order valence-electron chi connectivity index (χ3n) is 6.00. The Labute approximate surface area is 182 Å². The number of benzene rings is 3. The van der Waals surface area contributed by atoms with Gasteiger partial charge in [-0.05, 0) is 47.4 Å². The molecule has 5 nitrogen and oxygen atoms in total. The minimum Gasteiger partial charge on any atom is -0.347 e. The van der Waals surface area contributed by atoms with Crippen molar-refractivity contribution in [3.63, 3.8) is 0 Å². The number of carbonyl (C=O) groups is 1. The average molecular weight is 411 g/mol. The number of nitrogens with one attached hydrogen (secondary N) is 1. The Bertz CT molecular complexity index is 1210. The van der Waals surface area contributed by atoms with E-state index >= 15 is 0 Å². The van der Waals surface area contributed by atoms with Crippen LogP contribution >= 0.6 is 0 Å². The molecule has 0 saturated carbocycles. The Morgan fingerprint density at radius 3 is 2.81 bits per heavy atom. The first-order chi connectivity index (χ1) is 15.2. The van der Waals surface area contributed by atoms with E-state index in [2.05, 4.69) is 52.1 Å². The summed E-state index contributed by atoms with van der Waals surface area (Å²) in [5.41, 5.74) is 5.24. The van der Waals surface area contributed by atoms with Crippen LogP contribution in [0.5, 0.6) is 0 Å². The number of aromatic nitrogens is 2. The molecule has 2 heterocycles. The fraction of sp³-hybridized carbons (Fsp3) is 0.231. The molecule has 0 atom stereocenters. The van der Waals surface area contributed by atoms with Gasteiger partial charge in [-0.3, -0.25) is 9.69 Å². The zero-order valence-electron chi connectivity index (χ0n) is 17.7. The van der Waals surface area contributed by atoms with Crippen LogP contribution in [0.1, 0.15) is 33.6 Å². The zero-order chi connectivity index (χ0) is 21.2. The molecule has 5 heteroatoms. The molecule has 0 unspecified atom stereocenters. The predicted molar refractivity (Wildman–Crippen MR) is 124 cm³/mol. The molecule has 4 aromatic rings. The zero-order valence-corrected chi connectivity index (χ0v) is 17.7. The third kappa shape index (κ3) is 3.97. The molecule has 0 aliphatic carbocycles. The summed E-state index contributed by atoms with van der Waals surface area (Å²) in [6.07, 6.45) is 4.52. The monoisotopic (exact) mass is 410 g/mol. The molecule has 1 N–H and O–H groups in total. The number of H-pyrrole nitrogens is 1. The summed E-state index contributed by atoms with van der Waals surface area (Å²) in [6.45, 7) is 5.32. The Morgan fingerprint density at radius 2 is 1.94 bits per heavy atom. The van der Waals surface area contributed by atoms with Gasteiger partial charge in [0, 0.05) is 49.3 Å². The van der Waals surface area contributed by atoms with E-state index < -0.39 is 0 Å². The second-order valence-corrected chi connectivity index (χ2v) is 8.26. The van der Waals surface area contributed by atoms with Crippen LogP contribution < -0.4 is 4.90 Å². The first kappa shape index (κ1) is 19.5. The van der Waals surface area contributed by atoms with Crippen LogP contribution in [-0.4, -0.2) is 33.9 Å². The number of imidazole rings is 1. The minimum absolute atomic E-state index is 0.0747. The number of rotatable bonds is 3. The van der Waals surface area contributed by atoms with E-state index in [0.29, 0.717) is 6.54 Å². The lowest BCUT2D eigenvalue weighted by Gasteiger charge is -2.32. The largest absolute Gasteiger partial charge is 0.347 e. The quantitative estimate of drug-likeness (QED) is 0.521. The van der Waals surface area contributed by atoms with E-state index in [1.165, 1.54) is 5.56 Å². The van der Waals surface area contributed by atoms with Crippen LogP contribution in [0.4, 0.5) is 5.69 Å². The number of nitrogens with zero attached hydrogens (tertiary/aromatic N) is 3. The van der Waals surface area contributed by atoms with Crippen molar-refractivity contribution in [2.24, 2.45) is 0 Å². The Balaban J connectivity index is 1.51. The number of carbonyl (C=O) groups excluding carboxylic acids is 1. The van der Waals surface area contributed by atoms with Gasteiger partial charge >= 0.3 is 0 Å². The average Bonchev–Trinajstić information content (AvgIpc) is 3.29. The van der Waals surface area contributed by atoms with Gasteiger partial charge in [0.2, 0.25) is 0 Å². The van der Waals surface area contributed by atoms with Gasteiger partial charge < -0.3 is 9.88 Å². The van der Waals surface area contributed by atoms with Crippen LogP contribution in [-0.2, 0) is 13.1 Å². The summed E-state index contributed by atoms with van der Waals surface area (Å²) >= 11 is 0. The number of anilines is 1. The van der Waals surface area contributed by atoms with Crippen molar-refractivity contribution >= 4 is 22.4 Å². The lowest BCUT2D eigenvalue weighted by atomic mass is 10.0. The van der Waals surface area contributed by atoms with E-state index in [4.69, 9.17) is 0 Å². The molecule has 0 radical (unpaired) electrons. The number of amides is 1. The van der Waals surface area contributed by atoms with E-state index in [0.717, 1.165) is 59.3 Å². The molecule has 1 aliphatic heterocycles. The number of aromatic amines is 1. The Morgan fingerprint density at radius 1 is 1.06 bits per heavy atom. The Kier molecular flexibility index (Phi) is 5.26. The molecule has 1 amide bonds. The van der Waals surface area contributed by atoms with Crippen LogP contribution in [0.2, 0.25) is 0 Å². The van der Waals surface area contributed by atoms with Gasteiger partial charge in [0.15, 0.2) is 0 Å². The molecule has 5 rings (SSSR count). The smallest absolute Gasteiger partial charge is 0.258 e. The number of hydrogen-bond acceptors (Lipinski definition) is 3. The van der Waals surface area contributed by atoms with Crippen molar-refractivity contribution in [2.45, 2.75) is 26.4 Å². The van der Waals surface area contributed by atoms with Crippen LogP contribution in [0, 0.1) is 6.92 Å². The van der Waals surface area contributed by atoms with Gasteiger partial charge in [-0.2, -0.15) is 0 Å². The fourth-order valence-corrected chi connectivity index (χ4v) is 4.47. The molecule has 0 spiro atoms. The maximum atomic E-state index is 13.8. The topological polar surface area (TPSA) is 52.2 Å². The van der Waals surface area contributed by atoms with Crippen molar-refractivity contribution in [1.29, 1.82) is 0 Å². The fourth-order valence-electron chi connectivity index (χ4n) is 4.47. The number of aryl methyl sites for hydroxylation is 1. The van der Waals surface area contributed by atoms with Crippen molar-refractivity contribution < 1.29 is 4.79 Å². The summed E-state index contributed by atoms with van der Waals surface area (Å²) in [5.74, 6) is 0.0747. The van der Waals surface area contributed by atoms with Crippen molar-refractivity contribution in [2.75, 3.05) is 18.0 Å². The molecule has 31 heavy (non-hydrogen) atoms. The molecule has 0 fully saturated rings. The van der Waals surface area contributed by atoms with Crippen molar-refractivity contribution in [3.8, 4) is 0 Å². The maximum absolute atomic E-state index is 13.8. The van der Waals surface area contributed by atoms with Crippen LogP contribution in [0.3, 0.4) is 0 Å². The molecule has 156 valence electrons. The molecular weight excluding hydrogens is 384 g/mol. The number of hydrogen-bond donors (Lipinski definition) is 1. The highest BCUT2D eigenvalue weighted by atomic mass is 16.2. The van der Waals surface area contributed by atoms with Gasteiger partial charge in [-0.15, -0.1) is 0 Å². The Hall–Kier alpha value is -3.44. The highest BCUT2D eigenvalue weighted by Gasteiger charge is 2.25. The second-order valence-electron chi connectivity index (χ2n) is 8.26. The lowest BCUT2D eigenvalue weighted by Crippen LogP contribution is -2.38. The normalized spacial score (nSPS) is 14.8. The van der Waals surface area contributed by atoms with Crippen molar-refractivity contribution in [3.05, 3.63) is 95.6 Å². The summed E-state index contributed by atoms with van der Waals surface area (Å²) in [7, 11) is 0. The summed E-state index contributed by atoms with van der Waals surface area (Å²) in [4.78, 5) is 25.5. The van der Waals surface area contributed by atoms with Gasteiger partial charge in [-0.25, -0.2) is 4.98 Å². The molecule has 0 bridgehead atoms. The SMILES string of the molecule is Cc1ccc2c(c1)N(C(=O)c1cccc3ccccc13)CCCN(Cc1cnc[nH]1)C2. The maximum Gasteiger partial charge on any atom is 0.258 e. The second kappa shape index (κ2) is 8.36. The number of fused-ring (bicyclic) bond motifs is 2. The van der Waals surface area contributed by atoms with Crippen molar-refractivity contribution in [1.82, 2.24) is 14.9 Å².